The molecule has 0 aliphatic carbocycles. The summed E-state index contributed by atoms with van der Waals surface area (Å²) in [4.78, 5) is 23.2. The number of phenolic OH excluding ortho intramolecular Hbond substituents is 1. The van der Waals surface area contributed by atoms with Crippen LogP contribution >= 0.6 is 12.6 Å². The van der Waals surface area contributed by atoms with E-state index in [0.29, 0.717) is 12.3 Å². The van der Waals surface area contributed by atoms with E-state index in [9.17, 15) is 19.8 Å². The number of carbonyl (C=O) groups excluding carboxylic acids is 1. The lowest BCUT2D eigenvalue weighted by atomic mass is 9.88. The number of hydrogen-bond acceptors (Lipinski definition) is 5. The molecule has 2 rings (SSSR count). The van der Waals surface area contributed by atoms with E-state index in [1.165, 1.54) is 12.1 Å². The third-order valence-electron chi connectivity index (χ3n) is 4.37. The van der Waals surface area contributed by atoms with E-state index in [2.05, 4.69) is 17.9 Å². The normalized spacial score (nSPS) is 14.3. The summed E-state index contributed by atoms with van der Waals surface area (Å²) in [6.45, 7) is 0.358. The fourth-order valence-corrected chi connectivity index (χ4v) is 3.21. The van der Waals surface area contributed by atoms with Crippen molar-refractivity contribution in [1.82, 2.24) is 5.32 Å². The molecule has 0 aliphatic heterocycles. The zero-order valence-electron chi connectivity index (χ0n) is 14.3. The minimum absolute atomic E-state index is 0.125. The van der Waals surface area contributed by atoms with Crippen molar-refractivity contribution in [3.05, 3.63) is 65.7 Å². The van der Waals surface area contributed by atoms with Crippen LogP contribution in [0.15, 0.2) is 54.6 Å². The maximum absolute atomic E-state index is 11.6. The molecule has 3 N–H and O–H groups in total. The van der Waals surface area contributed by atoms with Gasteiger partial charge in [-0.25, -0.2) is 0 Å². The Morgan fingerprint density at radius 3 is 2.31 bits per heavy atom. The number of carbonyl (C=O) groups is 2. The molecule has 0 fully saturated rings. The predicted molar refractivity (Wildman–Crippen MR) is 104 cm³/mol. The van der Waals surface area contributed by atoms with Gasteiger partial charge in [0.25, 0.3) is 0 Å². The van der Waals surface area contributed by atoms with E-state index in [1.807, 2.05) is 30.3 Å². The molecule has 6 heteroatoms. The molecule has 0 spiro atoms. The number of rotatable bonds is 10. The number of phenols is 1. The number of aliphatic carboxylic acids is 1. The lowest BCUT2D eigenvalue weighted by molar-refractivity contribution is -0.139. The van der Waals surface area contributed by atoms with Crippen LogP contribution in [0, 0.1) is 5.92 Å². The van der Waals surface area contributed by atoms with Gasteiger partial charge < -0.3 is 20.3 Å². The number of aldehydes is 1. The SMILES string of the molecule is O=CC(c1ccccc1)C(CS)CN[C@@H](Cc1ccc(O)cc1)C(=O)O. The van der Waals surface area contributed by atoms with Gasteiger partial charge in [0.2, 0.25) is 0 Å². The van der Waals surface area contributed by atoms with E-state index in [1.54, 1.807) is 12.1 Å². The maximum atomic E-state index is 11.6. The first-order valence-electron chi connectivity index (χ1n) is 8.40. The summed E-state index contributed by atoms with van der Waals surface area (Å²) < 4.78 is 0. The van der Waals surface area contributed by atoms with Gasteiger partial charge in [0.15, 0.2) is 0 Å². The van der Waals surface area contributed by atoms with Gasteiger partial charge in [0.1, 0.15) is 18.1 Å². The van der Waals surface area contributed by atoms with Crippen molar-refractivity contribution in [2.75, 3.05) is 12.3 Å². The first kappa shape index (κ1) is 20.0. The van der Waals surface area contributed by atoms with Gasteiger partial charge in [0.05, 0.1) is 0 Å². The van der Waals surface area contributed by atoms with Crippen molar-refractivity contribution < 1.29 is 19.8 Å². The van der Waals surface area contributed by atoms with Crippen LogP contribution in [0.3, 0.4) is 0 Å². The molecule has 0 saturated heterocycles. The molecule has 26 heavy (non-hydrogen) atoms. The Bertz CT molecular complexity index is 706. The molecule has 0 aromatic heterocycles. The molecule has 3 atom stereocenters. The molecule has 0 bridgehead atoms. The zero-order valence-corrected chi connectivity index (χ0v) is 15.2. The van der Waals surface area contributed by atoms with Gasteiger partial charge in [-0.1, -0.05) is 42.5 Å². The molecule has 2 aromatic carbocycles. The first-order chi connectivity index (χ1) is 12.5. The molecule has 2 unspecified atom stereocenters. The molecule has 0 heterocycles. The summed E-state index contributed by atoms with van der Waals surface area (Å²) >= 11 is 4.35. The van der Waals surface area contributed by atoms with Crippen LogP contribution in [0.4, 0.5) is 0 Å². The number of carboxylic acid groups (broad SMARTS) is 1. The highest BCUT2D eigenvalue weighted by atomic mass is 32.1. The fourth-order valence-electron chi connectivity index (χ4n) is 2.85. The molecule has 0 saturated carbocycles. The Morgan fingerprint density at radius 2 is 1.77 bits per heavy atom. The third-order valence-corrected chi connectivity index (χ3v) is 4.84. The van der Waals surface area contributed by atoms with E-state index >= 15 is 0 Å². The van der Waals surface area contributed by atoms with Crippen molar-refractivity contribution in [3.8, 4) is 5.75 Å². The Morgan fingerprint density at radius 1 is 1.12 bits per heavy atom. The quantitative estimate of drug-likeness (QED) is 0.380. The van der Waals surface area contributed by atoms with Gasteiger partial charge in [-0.15, -0.1) is 0 Å². The molecular formula is C20H23NO4S. The lowest BCUT2D eigenvalue weighted by Gasteiger charge is -2.24. The molecule has 2 aromatic rings. The van der Waals surface area contributed by atoms with Crippen molar-refractivity contribution in [3.63, 3.8) is 0 Å². The van der Waals surface area contributed by atoms with Crippen LogP contribution in [0.1, 0.15) is 17.0 Å². The highest BCUT2D eigenvalue weighted by Gasteiger charge is 2.25. The smallest absolute Gasteiger partial charge is 0.321 e. The van der Waals surface area contributed by atoms with Crippen LogP contribution in [0.25, 0.3) is 0 Å². The number of hydrogen-bond donors (Lipinski definition) is 4. The molecule has 5 nitrogen and oxygen atoms in total. The second-order valence-corrected chi connectivity index (χ2v) is 6.55. The van der Waals surface area contributed by atoms with E-state index in [4.69, 9.17) is 0 Å². The Kier molecular flexibility index (Phi) is 7.69. The highest BCUT2D eigenvalue weighted by molar-refractivity contribution is 7.80. The molecule has 138 valence electrons. The van der Waals surface area contributed by atoms with Crippen molar-refractivity contribution in [2.24, 2.45) is 5.92 Å². The monoisotopic (exact) mass is 373 g/mol. The number of thiol groups is 1. The average Bonchev–Trinajstić information content (AvgIpc) is 2.66. The lowest BCUT2D eigenvalue weighted by Crippen LogP contribution is -2.42. The zero-order chi connectivity index (χ0) is 18.9. The largest absolute Gasteiger partial charge is 0.508 e. The average molecular weight is 373 g/mol. The molecule has 0 amide bonds. The molecule has 0 radical (unpaired) electrons. The van der Waals surface area contributed by atoms with Crippen LogP contribution in [-0.2, 0) is 16.0 Å². The molecule has 0 aliphatic rings. The number of aromatic hydroxyl groups is 1. The molecular weight excluding hydrogens is 350 g/mol. The van der Waals surface area contributed by atoms with Crippen LogP contribution < -0.4 is 5.32 Å². The van der Waals surface area contributed by atoms with Gasteiger partial charge in [0, 0.05) is 12.5 Å². The van der Waals surface area contributed by atoms with Crippen molar-refractivity contribution >= 4 is 24.9 Å². The van der Waals surface area contributed by atoms with Gasteiger partial charge in [-0.3, -0.25) is 4.79 Å². The minimum atomic E-state index is -0.960. The van der Waals surface area contributed by atoms with E-state index in [-0.39, 0.29) is 24.0 Å². The summed E-state index contributed by atoms with van der Waals surface area (Å²) in [7, 11) is 0. The van der Waals surface area contributed by atoms with Crippen molar-refractivity contribution in [2.45, 2.75) is 18.4 Å². The van der Waals surface area contributed by atoms with Crippen molar-refractivity contribution in [1.29, 1.82) is 0 Å². The van der Waals surface area contributed by atoms with Gasteiger partial charge >= 0.3 is 5.97 Å². The second kappa shape index (κ2) is 9.99. The highest BCUT2D eigenvalue weighted by Crippen LogP contribution is 2.23. The summed E-state index contributed by atoms with van der Waals surface area (Å²) in [6.07, 6.45) is 1.18. The maximum Gasteiger partial charge on any atom is 0.321 e. The standard InChI is InChI=1S/C20H23NO4S/c22-12-18(15-4-2-1-3-5-15)16(13-26)11-21-19(20(24)25)10-14-6-8-17(23)9-7-14/h1-9,12,16,18-19,21,23,26H,10-11,13H2,(H,24,25)/t16?,18?,19-/m0/s1. The van der Waals surface area contributed by atoms with Crippen LogP contribution in [0.2, 0.25) is 0 Å². The Balaban J connectivity index is 2.04. The Hall–Kier alpha value is -2.31. The summed E-state index contributed by atoms with van der Waals surface area (Å²) in [6, 6.07) is 15.1. The number of carboxylic acids is 1. The van der Waals surface area contributed by atoms with Gasteiger partial charge in [-0.2, -0.15) is 12.6 Å². The summed E-state index contributed by atoms with van der Waals surface area (Å²) in [5.41, 5.74) is 1.70. The van der Waals surface area contributed by atoms with E-state index < -0.39 is 12.0 Å². The fraction of sp³-hybridized carbons (Fsp3) is 0.300. The second-order valence-electron chi connectivity index (χ2n) is 6.18. The third kappa shape index (κ3) is 5.61. The predicted octanol–water partition coefficient (Wildman–Crippen LogP) is 2.51. The minimum Gasteiger partial charge on any atom is -0.508 e. The van der Waals surface area contributed by atoms with Gasteiger partial charge in [-0.05, 0) is 41.4 Å². The topological polar surface area (TPSA) is 86.6 Å². The number of nitrogens with one attached hydrogen (secondary N) is 1. The van der Waals surface area contributed by atoms with Crippen LogP contribution in [0.5, 0.6) is 5.75 Å². The summed E-state index contributed by atoms with van der Waals surface area (Å²) in [5, 5.41) is 21.9. The Labute approximate surface area is 158 Å². The van der Waals surface area contributed by atoms with Crippen LogP contribution in [-0.4, -0.2) is 40.8 Å². The number of benzene rings is 2. The van der Waals surface area contributed by atoms with E-state index in [0.717, 1.165) is 17.4 Å². The summed E-state index contributed by atoms with van der Waals surface area (Å²) in [5.74, 6) is -0.834. The first-order valence-corrected chi connectivity index (χ1v) is 9.03.